The third kappa shape index (κ3) is 2.09. The zero-order valence-electron chi connectivity index (χ0n) is 9.01. The maximum Gasteiger partial charge on any atom is 0.225 e. The topological polar surface area (TPSA) is 38.7 Å². The average Bonchev–Trinajstić information content (AvgIpc) is 2.32. The summed E-state index contributed by atoms with van der Waals surface area (Å²) < 4.78 is 10.6. The van der Waals surface area contributed by atoms with Gasteiger partial charge in [-0.1, -0.05) is 36.4 Å². The van der Waals surface area contributed by atoms with E-state index in [1.807, 2.05) is 30.3 Å². The molecule has 3 heteroatoms. The second-order valence-corrected chi connectivity index (χ2v) is 3.12. The van der Waals surface area contributed by atoms with Crippen molar-refractivity contribution >= 4 is 0 Å². The number of hydrogen-bond donors (Lipinski definition) is 1. The summed E-state index contributed by atoms with van der Waals surface area (Å²) >= 11 is 0. The van der Waals surface area contributed by atoms with Crippen LogP contribution in [0.4, 0.5) is 0 Å². The first kappa shape index (κ1) is 11.9. The van der Waals surface area contributed by atoms with Gasteiger partial charge in [-0.05, 0) is 0 Å². The van der Waals surface area contributed by atoms with Gasteiger partial charge in [0.15, 0.2) is 0 Å². The van der Waals surface area contributed by atoms with Crippen LogP contribution in [0.5, 0.6) is 0 Å². The van der Waals surface area contributed by atoms with Crippen molar-refractivity contribution in [1.29, 1.82) is 0 Å². The van der Waals surface area contributed by atoms with Crippen LogP contribution in [0.2, 0.25) is 0 Å². The zero-order chi connectivity index (χ0) is 11.3. The van der Waals surface area contributed by atoms with Gasteiger partial charge in [0.2, 0.25) is 5.79 Å². The van der Waals surface area contributed by atoms with Crippen LogP contribution < -0.4 is 0 Å². The lowest BCUT2D eigenvalue weighted by molar-refractivity contribution is -0.257. The molecule has 0 saturated heterocycles. The molecular weight excluding hydrogens is 192 g/mol. The molecule has 1 unspecified atom stereocenters. The number of aliphatic hydroxyl groups excluding tert-OH is 1. The molecule has 0 saturated carbocycles. The minimum atomic E-state index is -1.18. The van der Waals surface area contributed by atoms with Crippen LogP contribution in [0.1, 0.15) is 5.56 Å². The van der Waals surface area contributed by atoms with Gasteiger partial charge in [0.25, 0.3) is 0 Å². The number of rotatable bonds is 5. The van der Waals surface area contributed by atoms with Gasteiger partial charge in [-0.25, -0.2) is 0 Å². The molecule has 0 aliphatic heterocycles. The number of ether oxygens (including phenoxy) is 2. The summed E-state index contributed by atoms with van der Waals surface area (Å²) in [7, 11) is 2.98. The van der Waals surface area contributed by atoms with E-state index in [4.69, 9.17) is 9.47 Å². The van der Waals surface area contributed by atoms with Crippen LogP contribution >= 0.6 is 0 Å². The fraction of sp³-hybridized carbons (Fsp3) is 0.333. The van der Waals surface area contributed by atoms with E-state index in [2.05, 4.69) is 6.58 Å². The molecule has 1 rings (SSSR count). The zero-order valence-corrected chi connectivity index (χ0v) is 9.01. The average molecular weight is 208 g/mol. The normalized spacial score (nSPS) is 13.5. The van der Waals surface area contributed by atoms with Gasteiger partial charge in [-0.3, -0.25) is 0 Å². The first-order valence-corrected chi connectivity index (χ1v) is 4.67. The van der Waals surface area contributed by atoms with E-state index in [0.717, 1.165) is 5.56 Å². The Morgan fingerprint density at radius 3 is 2.20 bits per heavy atom. The van der Waals surface area contributed by atoms with E-state index < -0.39 is 11.9 Å². The van der Waals surface area contributed by atoms with E-state index in [9.17, 15) is 5.11 Å². The highest BCUT2D eigenvalue weighted by molar-refractivity contribution is 5.23. The Labute approximate surface area is 90.0 Å². The quantitative estimate of drug-likeness (QED) is 0.591. The van der Waals surface area contributed by atoms with Gasteiger partial charge in [0, 0.05) is 19.8 Å². The summed E-state index contributed by atoms with van der Waals surface area (Å²) in [6, 6.07) is 9.27. The summed E-state index contributed by atoms with van der Waals surface area (Å²) in [6.45, 7) is 3.54. The maximum absolute atomic E-state index is 9.85. The second-order valence-electron chi connectivity index (χ2n) is 3.12. The van der Waals surface area contributed by atoms with Crippen LogP contribution in [-0.4, -0.2) is 25.4 Å². The Hall–Kier alpha value is -1.16. The first-order valence-electron chi connectivity index (χ1n) is 4.67. The van der Waals surface area contributed by atoms with Crippen LogP contribution in [0.15, 0.2) is 43.0 Å². The molecule has 0 aliphatic rings. The maximum atomic E-state index is 9.85. The molecule has 0 aromatic heterocycles. The van der Waals surface area contributed by atoms with Gasteiger partial charge in [-0.2, -0.15) is 0 Å². The highest BCUT2D eigenvalue weighted by Crippen LogP contribution is 2.30. The molecule has 1 N–H and O–H groups in total. The van der Waals surface area contributed by atoms with E-state index in [1.54, 1.807) is 0 Å². The Morgan fingerprint density at radius 1 is 1.27 bits per heavy atom. The third-order valence-corrected chi connectivity index (χ3v) is 2.40. The predicted octanol–water partition coefficient (Wildman–Crippen LogP) is 1.68. The lowest BCUT2D eigenvalue weighted by Crippen LogP contribution is -2.42. The lowest BCUT2D eigenvalue weighted by Gasteiger charge is -2.34. The Balaban J connectivity index is 3.16. The van der Waals surface area contributed by atoms with Crippen molar-refractivity contribution in [3.63, 3.8) is 0 Å². The van der Waals surface area contributed by atoms with E-state index in [-0.39, 0.29) is 0 Å². The number of aliphatic hydroxyl groups is 1. The first-order chi connectivity index (χ1) is 7.21. The van der Waals surface area contributed by atoms with Gasteiger partial charge in [0.1, 0.15) is 6.10 Å². The molecule has 15 heavy (non-hydrogen) atoms. The standard InChI is InChI=1S/C12H16O3/c1-4-11(13)12(14-2,15-3)10-8-6-5-7-9-10/h4-9,11,13H,1H2,2-3H3. The van der Waals surface area contributed by atoms with Gasteiger partial charge < -0.3 is 14.6 Å². The Morgan fingerprint density at radius 2 is 1.80 bits per heavy atom. The summed E-state index contributed by atoms with van der Waals surface area (Å²) in [5, 5.41) is 9.85. The highest BCUT2D eigenvalue weighted by Gasteiger charge is 2.38. The fourth-order valence-electron chi connectivity index (χ4n) is 1.56. The predicted molar refractivity (Wildman–Crippen MR) is 58.3 cm³/mol. The molecule has 0 aliphatic carbocycles. The highest BCUT2D eigenvalue weighted by atomic mass is 16.7. The van der Waals surface area contributed by atoms with Gasteiger partial charge >= 0.3 is 0 Å². The molecule has 0 spiro atoms. The monoisotopic (exact) mass is 208 g/mol. The molecule has 1 aromatic rings. The van der Waals surface area contributed by atoms with Crippen molar-refractivity contribution < 1.29 is 14.6 Å². The summed E-state index contributed by atoms with van der Waals surface area (Å²) in [6.07, 6.45) is 0.467. The number of methoxy groups -OCH3 is 2. The van der Waals surface area contributed by atoms with Crippen molar-refractivity contribution in [2.75, 3.05) is 14.2 Å². The third-order valence-electron chi connectivity index (χ3n) is 2.40. The lowest BCUT2D eigenvalue weighted by atomic mass is 10.00. The molecule has 0 amide bonds. The molecule has 1 aromatic carbocycles. The molecule has 1 atom stereocenters. The van der Waals surface area contributed by atoms with Crippen molar-refractivity contribution in [3.8, 4) is 0 Å². The SMILES string of the molecule is C=CC(O)C(OC)(OC)c1ccccc1. The van der Waals surface area contributed by atoms with Crippen LogP contribution in [0.3, 0.4) is 0 Å². The van der Waals surface area contributed by atoms with Crippen LogP contribution in [-0.2, 0) is 15.3 Å². The molecule has 0 heterocycles. The van der Waals surface area contributed by atoms with Crippen molar-refractivity contribution in [3.05, 3.63) is 48.6 Å². The molecule has 0 bridgehead atoms. The smallest absolute Gasteiger partial charge is 0.225 e. The van der Waals surface area contributed by atoms with E-state index in [1.165, 1.54) is 20.3 Å². The molecule has 0 radical (unpaired) electrons. The summed E-state index contributed by atoms with van der Waals surface area (Å²) in [5.41, 5.74) is 0.752. The van der Waals surface area contributed by atoms with Crippen molar-refractivity contribution in [2.24, 2.45) is 0 Å². The van der Waals surface area contributed by atoms with Crippen LogP contribution in [0.25, 0.3) is 0 Å². The van der Waals surface area contributed by atoms with Crippen molar-refractivity contribution in [2.45, 2.75) is 11.9 Å². The Bertz CT molecular complexity index is 304. The Kier molecular flexibility index (Phi) is 4.03. The number of hydrogen-bond acceptors (Lipinski definition) is 3. The minimum Gasteiger partial charge on any atom is -0.383 e. The molecule has 82 valence electrons. The van der Waals surface area contributed by atoms with Crippen LogP contribution in [0, 0.1) is 0 Å². The second kappa shape index (κ2) is 5.07. The van der Waals surface area contributed by atoms with E-state index >= 15 is 0 Å². The largest absolute Gasteiger partial charge is 0.383 e. The summed E-state index contributed by atoms with van der Waals surface area (Å²) in [4.78, 5) is 0. The molecule has 3 nitrogen and oxygen atoms in total. The number of benzene rings is 1. The summed E-state index contributed by atoms with van der Waals surface area (Å²) in [5.74, 6) is -1.18. The minimum absolute atomic E-state index is 0.752. The van der Waals surface area contributed by atoms with Crippen molar-refractivity contribution in [1.82, 2.24) is 0 Å². The molecular formula is C12H16O3. The van der Waals surface area contributed by atoms with E-state index in [0.29, 0.717) is 0 Å². The molecule has 0 fully saturated rings. The van der Waals surface area contributed by atoms with Gasteiger partial charge in [-0.15, -0.1) is 6.58 Å². The fourth-order valence-corrected chi connectivity index (χ4v) is 1.56. The van der Waals surface area contributed by atoms with Gasteiger partial charge in [0.05, 0.1) is 0 Å².